The molecule has 0 radical (unpaired) electrons. The SMILES string of the molecule is CC[C@H](C)CC(=O)N[C@@H](C)C(=O)N[C@H]1CNC(=O)C=C[C@H](Cc2ccc(O)cc2)NC(=O)[C@H]([C@H](C)CC)NC(=O)C(=O)[C@H](CCCN=C(N)N)NC(=O)[C@@H]2CCCN2C1=O. The van der Waals surface area contributed by atoms with Gasteiger partial charge in [0.15, 0.2) is 5.96 Å². The number of phenolic OH excluding ortho intramolecular Hbond substituents is 1. The summed E-state index contributed by atoms with van der Waals surface area (Å²) in [5.41, 5.74) is 11.6. The standard InChI is InChI=1S/C41H62N10O9/c1-6-23(3)20-33(54)46-25(5)36(56)49-30-22-45-32(53)17-14-27(21-26-12-15-28(52)16-13-26)47-38(58)34(24(4)7-2)50-39(59)35(55)29(10-8-18-44-41(42)43)48-37(57)31-11-9-19-51(31)40(30)60/h12-17,23-25,27,29-31,34,52H,6-11,18-22H2,1-5H3,(H,45,53)(H,46,54)(H,47,58)(H,48,57)(H,49,56)(H,50,59)(H4,42,43,44)/t23-,24+,25-,27+,29-,30-,31-,34-/m0/s1. The molecule has 2 aliphatic heterocycles. The molecule has 7 amide bonds. The summed E-state index contributed by atoms with van der Waals surface area (Å²) in [6.45, 7) is 8.59. The van der Waals surface area contributed by atoms with Gasteiger partial charge in [0.25, 0.3) is 5.91 Å². The van der Waals surface area contributed by atoms with Crippen LogP contribution >= 0.6 is 0 Å². The van der Waals surface area contributed by atoms with E-state index in [4.69, 9.17) is 11.5 Å². The molecule has 1 aromatic rings. The highest BCUT2D eigenvalue weighted by Crippen LogP contribution is 2.20. The third-order valence-electron chi connectivity index (χ3n) is 10.7. The molecular weight excluding hydrogens is 777 g/mol. The van der Waals surface area contributed by atoms with Crippen molar-refractivity contribution in [3.8, 4) is 5.75 Å². The highest BCUT2D eigenvalue weighted by Gasteiger charge is 2.40. The van der Waals surface area contributed by atoms with Gasteiger partial charge in [0.05, 0.1) is 12.1 Å². The van der Waals surface area contributed by atoms with Crippen molar-refractivity contribution < 1.29 is 43.5 Å². The van der Waals surface area contributed by atoms with E-state index in [0.29, 0.717) is 18.4 Å². The number of hydrogen-bond donors (Lipinski definition) is 9. The Balaban J connectivity index is 2.05. The molecule has 2 heterocycles. The molecule has 60 heavy (non-hydrogen) atoms. The van der Waals surface area contributed by atoms with E-state index in [1.54, 1.807) is 26.0 Å². The van der Waals surface area contributed by atoms with Gasteiger partial charge in [-0.15, -0.1) is 0 Å². The Kier molecular flexibility index (Phi) is 19.0. The van der Waals surface area contributed by atoms with Crippen LogP contribution < -0.4 is 43.4 Å². The minimum absolute atomic E-state index is 0.0208. The molecule has 0 aromatic heterocycles. The molecule has 1 saturated heterocycles. The first-order valence-electron chi connectivity index (χ1n) is 20.6. The number of Topliss-reactive ketones (excluding diaryl/α,β-unsaturated/α-hetero) is 1. The Hall–Kier alpha value is -6.01. The van der Waals surface area contributed by atoms with Crippen molar-refractivity contribution in [1.29, 1.82) is 0 Å². The van der Waals surface area contributed by atoms with E-state index in [2.05, 4.69) is 36.9 Å². The zero-order chi connectivity index (χ0) is 44.5. The van der Waals surface area contributed by atoms with Crippen molar-refractivity contribution in [1.82, 2.24) is 36.8 Å². The lowest BCUT2D eigenvalue weighted by atomic mass is 9.96. The maximum atomic E-state index is 14.2. The van der Waals surface area contributed by atoms with E-state index in [1.807, 2.05) is 13.8 Å². The molecule has 3 rings (SSSR count). The minimum Gasteiger partial charge on any atom is -0.508 e. The van der Waals surface area contributed by atoms with Gasteiger partial charge in [-0.3, -0.25) is 43.3 Å². The number of rotatable bonds is 14. The van der Waals surface area contributed by atoms with Crippen LogP contribution in [0.1, 0.15) is 85.1 Å². The summed E-state index contributed by atoms with van der Waals surface area (Å²) in [7, 11) is 0. The van der Waals surface area contributed by atoms with E-state index in [-0.39, 0.29) is 68.7 Å². The lowest BCUT2D eigenvalue weighted by molar-refractivity contribution is -0.144. The average molecular weight is 839 g/mol. The Morgan fingerprint density at radius 3 is 2.32 bits per heavy atom. The fourth-order valence-corrected chi connectivity index (χ4v) is 6.73. The summed E-state index contributed by atoms with van der Waals surface area (Å²) in [5.74, 6) is -6.55. The van der Waals surface area contributed by atoms with Gasteiger partial charge in [0, 0.05) is 32.1 Å². The van der Waals surface area contributed by atoms with Crippen LogP contribution in [-0.4, -0.2) is 119 Å². The third kappa shape index (κ3) is 15.0. The van der Waals surface area contributed by atoms with Gasteiger partial charge in [-0.05, 0) is 68.6 Å². The van der Waals surface area contributed by atoms with Crippen LogP contribution in [0.3, 0.4) is 0 Å². The molecule has 0 aliphatic carbocycles. The monoisotopic (exact) mass is 838 g/mol. The molecule has 19 nitrogen and oxygen atoms in total. The molecule has 0 spiro atoms. The second-order valence-electron chi connectivity index (χ2n) is 15.6. The molecule has 330 valence electrons. The molecule has 1 aromatic carbocycles. The van der Waals surface area contributed by atoms with Crippen LogP contribution in [0.2, 0.25) is 0 Å². The zero-order valence-corrected chi connectivity index (χ0v) is 35.1. The zero-order valence-electron chi connectivity index (χ0n) is 35.1. The smallest absolute Gasteiger partial charge is 0.290 e. The Bertz CT molecular complexity index is 1760. The molecular formula is C41H62N10O9. The maximum absolute atomic E-state index is 14.2. The van der Waals surface area contributed by atoms with Crippen LogP contribution in [0.4, 0.5) is 0 Å². The normalized spacial score (nSPS) is 23.6. The average Bonchev–Trinajstić information content (AvgIpc) is 3.71. The predicted molar refractivity (Wildman–Crippen MR) is 222 cm³/mol. The number of nitrogens with one attached hydrogen (secondary N) is 6. The van der Waals surface area contributed by atoms with E-state index < -0.39 is 89.9 Å². The van der Waals surface area contributed by atoms with Crippen molar-refractivity contribution in [2.75, 3.05) is 19.6 Å². The first-order chi connectivity index (χ1) is 28.4. The van der Waals surface area contributed by atoms with E-state index in [9.17, 15) is 43.5 Å². The quantitative estimate of drug-likeness (QED) is 0.0482. The summed E-state index contributed by atoms with van der Waals surface area (Å²) in [5, 5.41) is 25.7. The number of benzene rings is 1. The molecule has 0 unspecified atom stereocenters. The molecule has 2 aliphatic rings. The topological polar surface area (TPSA) is 297 Å². The third-order valence-corrected chi connectivity index (χ3v) is 10.7. The summed E-state index contributed by atoms with van der Waals surface area (Å²) < 4.78 is 0. The summed E-state index contributed by atoms with van der Waals surface area (Å²) in [6, 6.07) is -0.815. The van der Waals surface area contributed by atoms with E-state index in [0.717, 1.165) is 12.5 Å². The number of amides is 7. The molecule has 11 N–H and O–H groups in total. The highest BCUT2D eigenvalue weighted by molar-refractivity contribution is 6.38. The van der Waals surface area contributed by atoms with Crippen LogP contribution in [0, 0.1) is 11.8 Å². The van der Waals surface area contributed by atoms with Crippen molar-refractivity contribution in [3.63, 3.8) is 0 Å². The number of fused-ring (bicyclic) bond motifs is 1. The molecule has 8 atom stereocenters. The molecule has 19 heteroatoms. The lowest BCUT2D eigenvalue weighted by Gasteiger charge is -2.30. The number of carbonyl (C=O) groups excluding carboxylic acids is 8. The fourth-order valence-electron chi connectivity index (χ4n) is 6.73. The highest BCUT2D eigenvalue weighted by atomic mass is 16.3. The van der Waals surface area contributed by atoms with Crippen molar-refractivity contribution >= 4 is 53.1 Å². The van der Waals surface area contributed by atoms with Crippen LogP contribution in [0.25, 0.3) is 0 Å². The summed E-state index contributed by atoms with van der Waals surface area (Å²) >= 11 is 0. The van der Waals surface area contributed by atoms with Gasteiger partial charge in [-0.25, -0.2) is 0 Å². The number of ketones is 1. The van der Waals surface area contributed by atoms with Crippen molar-refractivity contribution in [2.24, 2.45) is 28.3 Å². The Morgan fingerprint density at radius 1 is 0.967 bits per heavy atom. The first-order valence-corrected chi connectivity index (χ1v) is 20.6. The number of phenols is 1. The minimum atomic E-state index is -1.40. The molecule has 1 fully saturated rings. The maximum Gasteiger partial charge on any atom is 0.290 e. The van der Waals surface area contributed by atoms with E-state index >= 15 is 0 Å². The molecule has 0 bridgehead atoms. The molecule has 0 saturated carbocycles. The Labute approximate surface area is 350 Å². The predicted octanol–water partition coefficient (Wildman–Crippen LogP) is -0.839. The summed E-state index contributed by atoms with van der Waals surface area (Å²) in [4.78, 5) is 114. The largest absolute Gasteiger partial charge is 0.508 e. The number of aromatic hydroxyl groups is 1. The number of carbonyl (C=O) groups is 8. The fraction of sp³-hybridized carbons (Fsp3) is 0.585. The number of nitrogens with two attached hydrogens (primary N) is 2. The Morgan fingerprint density at radius 2 is 1.67 bits per heavy atom. The lowest BCUT2D eigenvalue weighted by Crippen LogP contribution is -2.60. The number of hydrogen-bond acceptors (Lipinski definition) is 10. The second-order valence-corrected chi connectivity index (χ2v) is 15.6. The van der Waals surface area contributed by atoms with Gasteiger partial charge in [-0.1, -0.05) is 58.7 Å². The van der Waals surface area contributed by atoms with E-state index in [1.165, 1.54) is 30.0 Å². The second kappa shape index (κ2) is 23.5. The number of aliphatic imine (C=N–C) groups is 1. The van der Waals surface area contributed by atoms with Crippen molar-refractivity contribution in [2.45, 2.75) is 122 Å². The van der Waals surface area contributed by atoms with Crippen LogP contribution in [0.5, 0.6) is 5.75 Å². The van der Waals surface area contributed by atoms with Crippen LogP contribution in [0.15, 0.2) is 41.4 Å². The van der Waals surface area contributed by atoms with Gasteiger partial charge in [-0.2, -0.15) is 0 Å². The van der Waals surface area contributed by atoms with Gasteiger partial charge < -0.3 is 53.4 Å². The number of guanidine groups is 1. The van der Waals surface area contributed by atoms with Gasteiger partial charge in [0.1, 0.15) is 29.9 Å². The first kappa shape index (κ1) is 48.4. The van der Waals surface area contributed by atoms with Crippen LogP contribution in [-0.2, 0) is 44.8 Å². The summed E-state index contributed by atoms with van der Waals surface area (Å²) in [6.07, 6.45) is 4.78. The van der Waals surface area contributed by atoms with Crippen molar-refractivity contribution in [3.05, 3.63) is 42.0 Å². The van der Waals surface area contributed by atoms with Gasteiger partial charge in [0.2, 0.25) is 41.2 Å². The van der Waals surface area contributed by atoms with Gasteiger partial charge >= 0.3 is 0 Å². The number of nitrogens with zero attached hydrogens (tertiary/aromatic N) is 2.